The molecule has 1 amide bonds. The summed E-state index contributed by atoms with van der Waals surface area (Å²) >= 11 is 7.60. The maximum Gasteiger partial charge on any atom is 0.238 e. The zero-order valence-corrected chi connectivity index (χ0v) is 15.1. The number of para-hydroxylation sites is 1. The number of aryl methyl sites for hydroxylation is 1. The van der Waals surface area contributed by atoms with E-state index in [2.05, 4.69) is 16.4 Å². The van der Waals surface area contributed by atoms with Crippen molar-refractivity contribution in [1.82, 2.24) is 9.88 Å². The fourth-order valence-corrected chi connectivity index (χ4v) is 3.75. The Labute approximate surface area is 150 Å². The summed E-state index contributed by atoms with van der Waals surface area (Å²) in [6, 6.07) is 13.5. The minimum atomic E-state index is -0.0518. The summed E-state index contributed by atoms with van der Waals surface area (Å²) < 4.78 is 1.17. The fraction of sp³-hybridized carbons (Fsp3) is 0.222. The lowest BCUT2D eigenvalue weighted by atomic mass is 10.2. The number of fused-ring (bicyclic) bond motifs is 1. The van der Waals surface area contributed by atoms with Crippen LogP contribution in [0.15, 0.2) is 42.5 Å². The first-order valence-electron chi connectivity index (χ1n) is 7.60. The maximum atomic E-state index is 12.2. The van der Waals surface area contributed by atoms with E-state index in [0.29, 0.717) is 18.1 Å². The van der Waals surface area contributed by atoms with Crippen molar-refractivity contribution in [2.75, 3.05) is 18.9 Å². The summed E-state index contributed by atoms with van der Waals surface area (Å²) in [5.74, 6) is -0.0518. The van der Waals surface area contributed by atoms with Crippen molar-refractivity contribution in [1.29, 1.82) is 0 Å². The number of rotatable bonds is 5. The highest BCUT2D eigenvalue weighted by Crippen LogP contribution is 2.22. The van der Waals surface area contributed by atoms with Gasteiger partial charge in [-0.15, -0.1) is 11.3 Å². The van der Waals surface area contributed by atoms with Gasteiger partial charge in [0.25, 0.3) is 0 Å². The largest absolute Gasteiger partial charge is 0.325 e. The summed E-state index contributed by atoms with van der Waals surface area (Å²) in [4.78, 5) is 18.8. The van der Waals surface area contributed by atoms with E-state index in [9.17, 15) is 4.79 Å². The molecule has 0 spiro atoms. The molecule has 0 bridgehead atoms. The molecule has 1 heterocycles. The molecule has 1 aromatic heterocycles. The van der Waals surface area contributed by atoms with Crippen LogP contribution in [0, 0.1) is 6.92 Å². The zero-order chi connectivity index (χ0) is 17.1. The van der Waals surface area contributed by atoms with Gasteiger partial charge in [0.15, 0.2) is 0 Å². The Balaban J connectivity index is 1.59. The molecule has 24 heavy (non-hydrogen) atoms. The van der Waals surface area contributed by atoms with Gasteiger partial charge in [-0.2, -0.15) is 0 Å². The van der Waals surface area contributed by atoms with Crippen molar-refractivity contribution in [3.8, 4) is 0 Å². The summed E-state index contributed by atoms with van der Waals surface area (Å²) in [6.07, 6.45) is 0. The van der Waals surface area contributed by atoms with E-state index in [4.69, 9.17) is 11.6 Å². The molecule has 0 fully saturated rings. The van der Waals surface area contributed by atoms with Crippen LogP contribution in [0.5, 0.6) is 0 Å². The van der Waals surface area contributed by atoms with Crippen LogP contribution < -0.4 is 5.32 Å². The number of anilines is 1. The lowest BCUT2D eigenvalue weighted by Crippen LogP contribution is -2.30. The molecule has 0 saturated carbocycles. The van der Waals surface area contributed by atoms with Gasteiger partial charge in [-0.25, -0.2) is 4.98 Å². The van der Waals surface area contributed by atoms with Gasteiger partial charge in [-0.3, -0.25) is 9.69 Å². The number of hydrogen-bond donors (Lipinski definition) is 1. The fourth-order valence-electron chi connectivity index (χ4n) is 2.48. The van der Waals surface area contributed by atoms with Crippen molar-refractivity contribution in [2.24, 2.45) is 0 Å². The number of amides is 1. The number of halogens is 1. The summed E-state index contributed by atoms with van der Waals surface area (Å²) in [6.45, 7) is 2.87. The number of thiazole rings is 1. The molecule has 0 aliphatic heterocycles. The second-order valence-electron chi connectivity index (χ2n) is 5.76. The number of carbonyl (C=O) groups is 1. The van der Waals surface area contributed by atoms with Crippen LogP contribution in [-0.2, 0) is 11.3 Å². The number of aromatic nitrogens is 1. The molecular formula is C18H18ClN3OS. The molecule has 2 aromatic carbocycles. The second kappa shape index (κ2) is 7.30. The molecule has 0 unspecified atom stereocenters. The molecule has 124 valence electrons. The smallest absolute Gasteiger partial charge is 0.238 e. The van der Waals surface area contributed by atoms with Crippen LogP contribution >= 0.6 is 22.9 Å². The molecule has 3 rings (SSSR count). The summed E-state index contributed by atoms with van der Waals surface area (Å²) in [7, 11) is 1.92. The number of likely N-dealkylation sites (N-methyl/N-ethyl adjacent to an activating group) is 1. The minimum Gasteiger partial charge on any atom is -0.325 e. The van der Waals surface area contributed by atoms with Crippen LogP contribution in [-0.4, -0.2) is 29.4 Å². The van der Waals surface area contributed by atoms with Crippen LogP contribution in [0.2, 0.25) is 5.02 Å². The van der Waals surface area contributed by atoms with E-state index in [1.165, 1.54) is 4.70 Å². The summed E-state index contributed by atoms with van der Waals surface area (Å²) in [5.41, 5.74) is 2.75. The van der Waals surface area contributed by atoms with E-state index < -0.39 is 0 Å². The average molecular weight is 360 g/mol. The Morgan fingerprint density at radius 3 is 2.83 bits per heavy atom. The third kappa shape index (κ3) is 4.12. The van der Waals surface area contributed by atoms with Gasteiger partial charge >= 0.3 is 0 Å². The number of nitrogens with zero attached hydrogens (tertiary/aromatic N) is 2. The van der Waals surface area contributed by atoms with Crippen molar-refractivity contribution in [2.45, 2.75) is 13.5 Å². The predicted molar refractivity (Wildman–Crippen MR) is 101 cm³/mol. The van der Waals surface area contributed by atoms with E-state index in [-0.39, 0.29) is 5.91 Å². The van der Waals surface area contributed by atoms with E-state index in [0.717, 1.165) is 21.8 Å². The minimum absolute atomic E-state index is 0.0518. The number of benzene rings is 2. The highest BCUT2D eigenvalue weighted by molar-refractivity contribution is 7.18. The highest BCUT2D eigenvalue weighted by Gasteiger charge is 2.11. The Morgan fingerprint density at radius 2 is 2.08 bits per heavy atom. The van der Waals surface area contributed by atoms with Crippen LogP contribution in [0.25, 0.3) is 10.2 Å². The van der Waals surface area contributed by atoms with Gasteiger partial charge in [0.2, 0.25) is 5.91 Å². The monoisotopic (exact) mass is 359 g/mol. The van der Waals surface area contributed by atoms with Crippen molar-refractivity contribution >= 4 is 44.7 Å². The topological polar surface area (TPSA) is 45.2 Å². The normalized spacial score (nSPS) is 11.2. The van der Waals surface area contributed by atoms with Gasteiger partial charge in [0, 0.05) is 10.7 Å². The van der Waals surface area contributed by atoms with Gasteiger partial charge in [0.1, 0.15) is 5.01 Å². The van der Waals surface area contributed by atoms with E-state index >= 15 is 0 Å². The molecule has 0 radical (unpaired) electrons. The molecule has 3 aromatic rings. The van der Waals surface area contributed by atoms with Gasteiger partial charge in [-0.1, -0.05) is 23.7 Å². The summed E-state index contributed by atoms with van der Waals surface area (Å²) in [5, 5.41) is 4.60. The standard InChI is InChI=1S/C18H18ClN3OS/c1-12-9-13(19)7-8-14(12)20-17(23)10-22(2)11-18-21-15-5-3-4-6-16(15)24-18/h3-9H,10-11H2,1-2H3,(H,20,23). The van der Waals surface area contributed by atoms with Gasteiger partial charge in [0.05, 0.1) is 23.3 Å². The molecule has 6 heteroatoms. The van der Waals surface area contributed by atoms with Crippen LogP contribution in [0.3, 0.4) is 0 Å². The van der Waals surface area contributed by atoms with Crippen molar-refractivity contribution in [3.05, 3.63) is 58.1 Å². The zero-order valence-electron chi connectivity index (χ0n) is 13.5. The number of carbonyl (C=O) groups excluding carboxylic acids is 1. The molecule has 0 aliphatic rings. The first-order chi connectivity index (χ1) is 11.5. The average Bonchev–Trinajstić information content (AvgIpc) is 2.91. The quantitative estimate of drug-likeness (QED) is 0.737. The van der Waals surface area contributed by atoms with Crippen LogP contribution in [0.1, 0.15) is 10.6 Å². The first-order valence-corrected chi connectivity index (χ1v) is 8.80. The van der Waals surface area contributed by atoms with E-state index in [1.807, 2.05) is 49.2 Å². The molecule has 1 N–H and O–H groups in total. The third-order valence-electron chi connectivity index (χ3n) is 3.62. The van der Waals surface area contributed by atoms with Crippen LogP contribution in [0.4, 0.5) is 5.69 Å². The van der Waals surface area contributed by atoms with Gasteiger partial charge in [-0.05, 0) is 49.9 Å². The second-order valence-corrected chi connectivity index (χ2v) is 7.31. The molecule has 4 nitrogen and oxygen atoms in total. The Morgan fingerprint density at radius 1 is 1.29 bits per heavy atom. The lowest BCUT2D eigenvalue weighted by Gasteiger charge is -2.15. The molecule has 0 atom stereocenters. The Bertz CT molecular complexity index is 845. The molecular weight excluding hydrogens is 342 g/mol. The van der Waals surface area contributed by atoms with Gasteiger partial charge < -0.3 is 5.32 Å². The Kier molecular flexibility index (Phi) is 5.14. The van der Waals surface area contributed by atoms with Crippen molar-refractivity contribution < 1.29 is 4.79 Å². The maximum absolute atomic E-state index is 12.2. The SMILES string of the molecule is Cc1cc(Cl)ccc1NC(=O)CN(C)Cc1nc2ccccc2s1. The lowest BCUT2D eigenvalue weighted by molar-refractivity contribution is -0.117. The molecule has 0 saturated heterocycles. The first kappa shape index (κ1) is 16.9. The highest BCUT2D eigenvalue weighted by atomic mass is 35.5. The van der Waals surface area contributed by atoms with Crippen molar-refractivity contribution in [3.63, 3.8) is 0 Å². The molecule has 0 aliphatic carbocycles. The predicted octanol–water partition coefficient (Wildman–Crippen LogP) is 4.33. The third-order valence-corrected chi connectivity index (χ3v) is 4.88. The number of hydrogen-bond acceptors (Lipinski definition) is 4. The Hall–Kier alpha value is -1.95. The van der Waals surface area contributed by atoms with E-state index in [1.54, 1.807) is 17.4 Å². The number of nitrogens with one attached hydrogen (secondary N) is 1.